The highest BCUT2D eigenvalue weighted by Crippen LogP contribution is 2.32. The average Bonchev–Trinajstić information content (AvgIpc) is 3.05. The average molecular weight is 371 g/mol. The van der Waals surface area contributed by atoms with Crippen molar-refractivity contribution < 1.29 is 9.90 Å². The number of nitrogens with one attached hydrogen (secondary N) is 2. The number of anilines is 1. The van der Waals surface area contributed by atoms with E-state index in [-0.39, 0.29) is 5.56 Å². The second-order valence-electron chi connectivity index (χ2n) is 6.67. The van der Waals surface area contributed by atoms with Gasteiger partial charge in [0.05, 0.1) is 5.56 Å². The van der Waals surface area contributed by atoms with Crippen LogP contribution in [0.4, 0.5) is 5.82 Å². The van der Waals surface area contributed by atoms with E-state index in [1.165, 1.54) is 25.5 Å². The number of H-pyrrole nitrogens is 1. The van der Waals surface area contributed by atoms with Crippen molar-refractivity contribution in [1.29, 1.82) is 0 Å². The molecule has 6 nitrogen and oxygen atoms in total. The molecular weight excluding hydrogens is 352 g/mol. The first-order valence-electron chi connectivity index (χ1n) is 8.75. The van der Waals surface area contributed by atoms with E-state index in [0.717, 1.165) is 35.2 Å². The van der Waals surface area contributed by atoms with Crippen molar-refractivity contribution in [3.05, 3.63) is 41.3 Å². The van der Waals surface area contributed by atoms with Crippen LogP contribution >= 0.6 is 11.6 Å². The topological polar surface area (TPSA) is 90.9 Å². The Morgan fingerprint density at radius 3 is 2.81 bits per heavy atom. The number of carboxylic acid groups (broad SMARTS) is 1. The fourth-order valence-electron chi connectivity index (χ4n) is 3.54. The molecule has 1 aliphatic carbocycles. The molecule has 4 rings (SSSR count). The van der Waals surface area contributed by atoms with E-state index in [0.29, 0.717) is 16.8 Å². The minimum Gasteiger partial charge on any atom is -0.478 e. The van der Waals surface area contributed by atoms with Gasteiger partial charge in [0, 0.05) is 29.4 Å². The molecular formula is C19H19ClN4O2. The third-order valence-corrected chi connectivity index (χ3v) is 5.03. The Bertz CT molecular complexity index is 963. The van der Waals surface area contributed by atoms with E-state index >= 15 is 0 Å². The van der Waals surface area contributed by atoms with E-state index in [1.807, 2.05) is 12.3 Å². The maximum absolute atomic E-state index is 11.3. The van der Waals surface area contributed by atoms with E-state index in [4.69, 9.17) is 11.6 Å². The van der Waals surface area contributed by atoms with Crippen molar-refractivity contribution in [2.24, 2.45) is 0 Å². The number of rotatable bonds is 4. The molecule has 0 unspecified atom stereocenters. The van der Waals surface area contributed by atoms with Gasteiger partial charge < -0.3 is 15.4 Å². The molecule has 0 radical (unpaired) electrons. The number of carboxylic acids is 1. The number of aromatic carboxylic acids is 1. The van der Waals surface area contributed by atoms with Gasteiger partial charge in [-0.1, -0.05) is 30.9 Å². The number of aromatic amines is 1. The smallest absolute Gasteiger partial charge is 0.337 e. The highest BCUT2D eigenvalue weighted by molar-refractivity contribution is 6.29. The van der Waals surface area contributed by atoms with Crippen LogP contribution in [0.1, 0.15) is 42.5 Å². The largest absolute Gasteiger partial charge is 0.478 e. The van der Waals surface area contributed by atoms with Crippen molar-refractivity contribution >= 4 is 34.4 Å². The molecule has 0 amide bonds. The number of hydrogen-bond acceptors (Lipinski definition) is 4. The van der Waals surface area contributed by atoms with Gasteiger partial charge in [-0.2, -0.15) is 0 Å². The van der Waals surface area contributed by atoms with Crippen LogP contribution in [0.3, 0.4) is 0 Å². The lowest BCUT2D eigenvalue weighted by Crippen LogP contribution is -2.22. The number of nitrogens with zero attached hydrogens (tertiary/aromatic N) is 2. The highest BCUT2D eigenvalue weighted by Gasteiger charge is 2.16. The van der Waals surface area contributed by atoms with Crippen molar-refractivity contribution in [2.45, 2.75) is 38.1 Å². The monoisotopic (exact) mass is 370 g/mol. The second-order valence-corrected chi connectivity index (χ2v) is 7.06. The van der Waals surface area contributed by atoms with Gasteiger partial charge in [-0.3, -0.25) is 0 Å². The summed E-state index contributed by atoms with van der Waals surface area (Å²) in [6.45, 7) is 0. The standard InChI is InChI=1S/C19H19ClN4O2/c20-16-7-11(8-17(24-16)23-13-4-2-1-3-5-13)15-10-22-18-14(15)6-12(9-21-18)19(25)26/h6-10,13H,1-5H2,(H,21,22)(H,23,24)(H,25,26). The maximum atomic E-state index is 11.3. The molecule has 7 heteroatoms. The number of halogens is 1. The van der Waals surface area contributed by atoms with Gasteiger partial charge >= 0.3 is 5.97 Å². The highest BCUT2D eigenvalue weighted by atomic mass is 35.5. The first-order valence-corrected chi connectivity index (χ1v) is 9.13. The first kappa shape index (κ1) is 16.8. The Labute approximate surface area is 155 Å². The molecule has 0 bridgehead atoms. The number of fused-ring (bicyclic) bond motifs is 1. The molecule has 3 aromatic heterocycles. The molecule has 0 atom stereocenters. The van der Waals surface area contributed by atoms with Gasteiger partial charge in [-0.25, -0.2) is 14.8 Å². The Morgan fingerprint density at radius 2 is 2.04 bits per heavy atom. The molecule has 26 heavy (non-hydrogen) atoms. The van der Waals surface area contributed by atoms with Gasteiger partial charge in [-0.05, 0) is 36.6 Å². The van der Waals surface area contributed by atoms with Gasteiger partial charge in [0.1, 0.15) is 16.6 Å². The van der Waals surface area contributed by atoms with Crippen molar-refractivity contribution in [3.8, 4) is 11.1 Å². The molecule has 0 saturated heterocycles. The number of aromatic nitrogens is 3. The summed E-state index contributed by atoms with van der Waals surface area (Å²) in [7, 11) is 0. The summed E-state index contributed by atoms with van der Waals surface area (Å²) in [5.74, 6) is -0.255. The predicted octanol–water partition coefficient (Wildman–Crippen LogP) is 4.72. The fourth-order valence-corrected chi connectivity index (χ4v) is 3.75. The summed E-state index contributed by atoms with van der Waals surface area (Å²) in [5.41, 5.74) is 2.52. The summed E-state index contributed by atoms with van der Waals surface area (Å²) < 4.78 is 0. The van der Waals surface area contributed by atoms with Crippen LogP contribution in [0, 0.1) is 0 Å². The number of carbonyl (C=O) groups is 1. The molecule has 1 saturated carbocycles. The Kier molecular flexibility index (Phi) is 4.51. The van der Waals surface area contributed by atoms with Crippen LogP contribution in [-0.4, -0.2) is 32.1 Å². The van der Waals surface area contributed by atoms with Crippen molar-refractivity contribution in [3.63, 3.8) is 0 Å². The lowest BCUT2D eigenvalue weighted by Gasteiger charge is -2.23. The summed E-state index contributed by atoms with van der Waals surface area (Å²) in [4.78, 5) is 22.9. The molecule has 0 spiro atoms. The summed E-state index contributed by atoms with van der Waals surface area (Å²) in [5, 5.41) is 13.9. The molecule has 134 valence electrons. The van der Waals surface area contributed by atoms with E-state index in [9.17, 15) is 9.90 Å². The van der Waals surface area contributed by atoms with Crippen molar-refractivity contribution in [2.75, 3.05) is 5.32 Å². The molecule has 3 aromatic rings. The quantitative estimate of drug-likeness (QED) is 0.578. The Balaban J connectivity index is 1.72. The second kappa shape index (κ2) is 6.96. The lowest BCUT2D eigenvalue weighted by molar-refractivity contribution is 0.0696. The normalized spacial score (nSPS) is 15.3. The third-order valence-electron chi connectivity index (χ3n) is 4.84. The minimum atomic E-state index is -1.00. The number of pyridine rings is 2. The third kappa shape index (κ3) is 3.37. The zero-order valence-electron chi connectivity index (χ0n) is 14.1. The van der Waals surface area contributed by atoms with Gasteiger partial charge in [0.2, 0.25) is 0 Å². The summed E-state index contributed by atoms with van der Waals surface area (Å²) in [6.07, 6.45) is 9.21. The fraction of sp³-hybridized carbons (Fsp3) is 0.316. The predicted molar refractivity (Wildman–Crippen MR) is 102 cm³/mol. The molecule has 1 fully saturated rings. The molecule has 0 aliphatic heterocycles. The van der Waals surface area contributed by atoms with E-state index < -0.39 is 5.97 Å². The van der Waals surface area contributed by atoms with E-state index in [2.05, 4.69) is 20.3 Å². The molecule has 1 aliphatic rings. The van der Waals surface area contributed by atoms with E-state index in [1.54, 1.807) is 12.1 Å². The zero-order valence-corrected chi connectivity index (χ0v) is 14.9. The first-order chi connectivity index (χ1) is 12.6. The molecule has 3 N–H and O–H groups in total. The lowest BCUT2D eigenvalue weighted by atomic mass is 9.95. The van der Waals surface area contributed by atoms with Crippen LogP contribution in [0.15, 0.2) is 30.6 Å². The summed E-state index contributed by atoms with van der Waals surface area (Å²) in [6, 6.07) is 5.78. The van der Waals surface area contributed by atoms with Gasteiger partial charge in [-0.15, -0.1) is 0 Å². The van der Waals surface area contributed by atoms with Gasteiger partial charge in [0.15, 0.2) is 0 Å². The Hall–Kier alpha value is -2.60. The van der Waals surface area contributed by atoms with Crippen LogP contribution < -0.4 is 5.32 Å². The maximum Gasteiger partial charge on any atom is 0.337 e. The van der Waals surface area contributed by atoms with Crippen molar-refractivity contribution in [1.82, 2.24) is 15.0 Å². The SMILES string of the molecule is O=C(O)c1cnc2[nH]cc(-c3cc(Cl)nc(NC4CCCCC4)c3)c2c1. The minimum absolute atomic E-state index is 0.152. The zero-order chi connectivity index (χ0) is 18.1. The molecule has 3 heterocycles. The van der Waals surface area contributed by atoms with Crippen LogP contribution in [0.2, 0.25) is 5.15 Å². The van der Waals surface area contributed by atoms with Crippen LogP contribution in [-0.2, 0) is 0 Å². The summed E-state index contributed by atoms with van der Waals surface area (Å²) >= 11 is 6.25. The Morgan fingerprint density at radius 1 is 1.23 bits per heavy atom. The molecule has 0 aromatic carbocycles. The van der Waals surface area contributed by atoms with Crippen LogP contribution in [0.25, 0.3) is 22.2 Å². The number of hydrogen-bond donors (Lipinski definition) is 3. The van der Waals surface area contributed by atoms with Crippen LogP contribution in [0.5, 0.6) is 0 Å². The van der Waals surface area contributed by atoms with Gasteiger partial charge in [0.25, 0.3) is 0 Å².